The Bertz CT molecular complexity index is 706. The SMILES string of the molecule is CCN1CCC[C@H](Nc2cc(C#CC(C)(C)C)sc2C(=O)OC)C1=O. The molecule has 1 saturated heterocycles. The van der Waals surface area contributed by atoms with Crippen LogP contribution in [0, 0.1) is 17.3 Å². The molecule has 0 bridgehead atoms. The number of thiophene rings is 1. The molecule has 0 aromatic carbocycles. The predicted molar refractivity (Wildman–Crippen MR) is 101 cm³/mol. The number of methoxy groups -OCH3 is 1. The number of esters is 1. The maximum Gasteiger partial charge on any atom is 0.350 e. The Morgan fingerprint density at radius 3 is 2.80 bits per heavy atom. The molecule has 1 amide bonds. The smallest absolute Gasteiger partial charge is 0.350 e. The second kappa shape index (κ2) is 7.92. The number of hydrogen-bond donors (Lipinski definition) is 1. The monoisotopic (exact) mass is 362 g/mol. The van der Waals surface area contributed by atoms with Crippen molar-refractivity contribution in [2.45, 2.75) is 46.6 Å². The Morgan fingerprint density at radius 1 is 1.48 bits per heavy atom. The van der Waals surface area contributed by atoms with E-state index in [1.807, 2.05) is 38.7 Å². The van der Waals surface area contributed by atoms with E-state index in [4.69, 9.17) is 4.74 Å². The van der Waals surface area contributed by atoms with E-state index in [2.05, 4.69) is 17.2 Å². The average Bonchev–Trinajstić information content (AvgIpc) is 2.96. The summed E-state index contributed by atoms with van der Waals surface area (Å²) >= 11 is 1.29. The lowest BCUT2D eigenvalue weighted by atomic mass is 9.98. The van der Waals surface area contributed by atoms with E-state index >= 15 is 0 Å². The average molecular weight is 362 g/mol. The molecule has 2 heterocycles. The Kier molecular flexibility index (Phi) is 6.12. The Morgan fingerprint density at radius 2 is 2.20 bits per heavy atom. The number of piperidine rings is 1. The summed E-state index contributed by atoms with van der Waals surface area (Å²) in [6, 6.07) is 1.53. The van der Waals surface area contributed by atoms with E-state index in [0.717, 1.165) is 24.3 Å². The van der Waals surface area contributed by atoms with Crippen molar-refractivity contribution in [3.8, 4) is 11.8 Å². The lowest BCUT2D eigenvalue weighted by molar-refractivity contribution is -0.134. The largest absolute Gasteiger partial charge is 0.465 e. The number of likely N-dealkylation sites (tertiary alicyclic amines) is 1. The van der Waals surface area contributed by atoms with Crippen molar-refractivity contribution >= 4 is 28.9 Å². The molecular formula is C19H26N2O3S. The molecule has 1 atom stereocenters. The zero-order valence-electron chi connectivity index (χ0n) is 15.6. The zero-order valence-corrected chi connectivity index (χ0v) is 16.4. The number of likely N-dealkylation sites (N-methyl/N-ethyl adjacent to an activating group) is 1. The highest BCUT2D eigenvalue weighted by atomic mass is 32.1. The van der Waals surface area contributed by atoms with Crippen molar-refractivity contribution < 1.29 is 14.3 Å². The van der Waals surface area contributed by atoms with Crippen LogP contribution in [-0.2, 0) is 9.53 Å². The van der Waals surface area contributed by atoms with Gasteiger partial charge in [0.15, 0.2) is 0 Å². The van der Waals surface area contributed by atoms with Crippen molar-refractivity contribution in [2.75, 3.05) is 25.5 Å². The van der Waals surface area contributed by atoms with Gasteiger partial charge in [0.05, 0.1) is 17.7 Å². The number of anilines is 1. The third kappa shape index (κ3) is 4.99. The van der Waals surface area contributed by atoms with Crippen molar-refractivity contribution in [1.82, 2.24) is 4.90 Å². The molecule has 0 aliphatic carbocycles. The molecule has 0 saturated carbocycles. The maximum atomic E-state index is 12.5. The zero-order chi connectivity index (χ0) is 18.6. The van der Waals surface area contributed by atoms with E-state index in [9.17, 15) is 9.59 Å². The van der Waals surface area contributed by atoms with Gasteiger partial charge in [-0.25, -0.2) is 4.79 Å². The van der Waals surface area contributed by atoms with Crippen molar-refractivity contribution in [3.63, 3.8) is 0 Å². The van der Waals surface area contributed by atoms with Crippen LogP contribution in [-0.4, -0.2) is 43.0 Å². The highest BCUT2D eigenvalue weighted by molar-refractivity contribution is 7.15. The first kappa shape index (κ1) is 19.3. The highest BCUT2D eigenvalue weighted by Gasteiger charge is 2.29. The second-order valence-electron chi connectivity index (χ2n) is 7.10. The summed E-state index contributed by atoms with van der Waals surface area (Å²) in [5, 5.41) is 3.25. The van der Waals surface area contributed by atoms with Gasteiger partial charge in [-0.05, 0) is 46.6 Å². The number of nitrogens with one attached hydrogen (secondary N) is 1. The lowest BCUT2D eigenvalue weighted by Gasteiger charge is -2.32. The minimum Gasteiger partial charge on any atom is -0.465 e. The summed E-state index contributed by atoms with van der Waals surface area (Å²) in [4.78, 5) is 27.7. The molecule has 5 nitrogen and oxygen atoms in total. The first-order chi connectivity index (χ1) is 11.7. The van der Waals surface area contributed by atoms with Crippen LogP contribution in [0.25, 0.3) is 0 Å². The molecule has 1 aliphatic heterocycles. The predicted octanol–water partition coefficient (Wildman–Crippen LogP) is 3.36. The molecule has 1 aromatic heterocycles. The van der Waals surface area contributed by atoms with Gasteiger partial charge >= 0.3 is 5.97 Å². The van der Waals surface area contributed by atoms with E-state index < -0.39 is 5.97 Å². The quantitative estimate of drug-likeness (QED) is 0.659. The normalized spacial score (nSPS) is 17.7. The van der Waals surface area contributed by atoms with Crippen LogP contribution in [0.4, 0.5) is 5.69 Å². The number of carbonyl (C=O) groups is 2. The number of carbonyl (C=O) groups excluding carboxylic acids is 2. The molecule has 2 rings (SSSR count). The lowest BCUT2D eigenvalue weighted by Crippen LogP contribution is -2.47. The number of nitrogens with zero attached hydrogens (tertiary/aromatic N) is 1. The molecule has 0 spiro atoms. The second-order valence-corrected chi connectivity index (χ2v) is 8.15. The van der Waals surface area contributed by atoms with Gasteiger partial charge in [-0.1, -0.05) is 11.8 Å². The van der Waals surface area contributed by atoms with Crippen LogP contribution < -0.4 is 5.32 Å². The Labute approximate surface area is 153 Å². The number of rotatable bonds is 4. The van der Waals surface area contributed by atoms with Gasteiger partial charge in [0, 0.05) is 18.5 Å². The summed E-state index contributed by atoms with van der Waals surface area (Å²) in [5.41, 5.74) is 0.510. The highest BCUT2D eigenvalue weighted by Crippen LogP contribution is 2.30. The fraction of sp³-hybridized carbons (Fsp3) is 0.579. The molecule has 25 heavy (non-hydrogen) atoms. The van der Waals surface area contributed by atoms with Crippen LogP contribution in [0.2, 0.25) is 0 Å². The summed E-state index contributed by atoms with van der Waals surface area (Å²) < 4.78 is 4.88. The van der Waals surface area contributed by atoms with Crippen molar-refractivity contribution in [1.29, 1.82) is 0 Å². The van der Waals surface area contributed by atoms with Crippen LogP contribution in [0.1, 0.15) is 55.1 Å². The summed E-state index contributed by atoms with van der Waals surface area (Å²) in [7, 11) is 1.36. The number of hydrogen-bond acceptors (Lipinski definition) is 5. The standard InChI is InChI=1S/C19H26N2O3S/c1-6-21-11-7-8-14(17(21)22)20-15-12-13(9-10-19(2,3)4)25-16(15)18(23)24-5/h12,14,20H,6-8,11H2,1-5H3/t14-/m0/s1. The molecular weight excluding hydrogens is 336 g/mol. The van der Waals surface area contributed by atoms with E-state index in [1.54, 1.807) is 0 Å². The molecule has 0 unspecified atom stereocenters. The Balaban J connectivity index is 2.28. The topological polar surface area (TPSA) is 58.6 Å². The van der Waals surface area contributed by atoms with Gasteiger partial charge in [0.2, 0.25) is 5.91 Å². The molecule has 1 aliphatic rings. The molecule has 6 heteroatoms. The third-order valence-electron chi connectivity index (χ3n) is 3.91. The van der Waals surface area contributed by atoms with Crippen LogP contribution >= 0.6 is 11.3 Å². The molecule has 136 valence electrons. The van der Waals surface area contributed by atoms with Gasteiger partial charge < -0.3 is 15.0 Å². The summed E-state index contributed by atoms with van der Waals surface area (Å²) in [6.07, 6.45) is 1.71. The minimum atomic E-state index is -0.410. The van der Waals surface area contributed by atoms with E-state index in [0.29, 0.717) is 17.1 Å². The first-order valence-electron chi connectivity index (χ1n) is 8.55. The first-order valence-corrected chi connectivity index (χ1v) is 9.37. The maximum absolute atomic E-state index is 12.5. The molecule has 0 radical (unpaired) electrons. The van der Waals surface area contributed by atoms with Gasteiger partial charge in [-0.15, -0.1) is 11.3 Å². The van der Waals surface area contributed by atoms with Crippen LogP contribution in [0.3, 0.4) is 0 Å². The van der Waals surface area contributed by atoms with E-state index in [-0.39, 0.29) is 17.4 Å². The molecule has 1 aromatic rings. The number of amides is 1. The van der Waals surface area contributed by atoms with Crippen molar-refractivity contribution in [2.24, 2.45) is 5.41 Å². The fourth-order valence-electron chi connectivity index (χ4n) is 2.63. The number of ether oxygens (including phenoxy) is 1. The van der Waals surface area contributed by atoms with E-state index in [1.165, 1.54) is 18.4 Å². The summed E-state index contributed by atoms with van der Waals surface area (Å²) in [6.45, 7) is 9.58. The fourth-order valence-corrected chi connectivity index (χ4v) is 3.52. The molecule has 1 N–H and O–H groups in total. The third-order valence-corrected chi connectivity index (χ3v) is 4.94. The summed E-state index contributed by atoms with van der Waals surface area (Å²) in [5.74, 6) is 5.96. The van der Waals surface area contributed by atoms with Gasteiger partial charge in [-0.2, -0.15) is 0 Å². The van der Waals surface area contributed by atoms with Gasteiger partial charge in [-0.3, -0.25) is 4.79 Å². The van der Waals surface area contributed by atoms with Crippen molar-refractivity contribution in [3.05, 3.63) is 15.8 Å². The minimum absolute atomic E-state index is 0.0816. The Hall–Kier alpha value is -2.00. The van der Waals surface area contributed by atoms with Crippen LogP contribution in [0.5, 0.6) is 0 Å². The van der Waals surface area contributed by atoms with Gasteiger partial charge in [0.25, 0.3) is 0 Å². The molecule has 1 fully saturated rings. The van der Waals surface area contributed by atoms with Gasteiger partial charge in [0.1, 0.15) is 10.9 Å². The van der Waals surface area contributed by atoms with Crippen LogP contribution in [0.15, 0.2) is 6.07 Å².